The fraction of sp³-hybridized carbons (Fsp3) is 0.692. The third-order valence-corrected chi connectivity index (χ3v) is 3.32. The van der Waals surface area contributed by atoms with Gasteiger partial charge in [0, 0.05) is 37.6 Å². The second kappa shape index (κ2) is 6.06. The summed E-state index contributed by atoms with van der Waals surface area (Å²) in [5.74, 6) is 0. The highest BCUT2D eigenvalue weighted by molar-refractivity contribution is 5.26. The molecule has 0 aliphatic carbocycles. The number of nitrogens with one attached hydrogen (secondary N) is 1. The third-order valence-electron chi connectivity index (χ3n) is 3.32. The Morgan fingerprint density at radius 1 is 1.44 bits per heavy atom. The molecular weight excluding hydrogens is 200 g/mol. The van der Waals surface area contributed by atoms with Crippen LogP contribution in [0.25, 0.3) is 0 Å². The minimum absolute atomic E-state index is 0.287. The van der Waals surface area contributed by atoms with Gasteiger partial charge in [-0.15, -0.1) is 0 Å². The first-order chi connectivity index (χ1) is 7.56. The SMILES string of the molecule is Cc1cc(CNC(C)CCCO)c(C)n1C. The summed E-state index contributed by atoms with van der Waals surface area (Å²) in [5.41, 5.74) is 4.01. The molecule has 1 rings (SSSR count). The molecule has 0 aliphatic heterocycles. The van der Waals surface area contributed by atoms with Crippen LogP contribution in [0.3, 0.4) is 0 Å². The lowest BCUT2D eigenvalue weighted by molar-refractivity contribution is 0.276. The van der Waals surface area contributed by atoms with Crippen LogP contribution in [0.4, 0.5) is 0 Å². The predicted molar refractivity (Wildman–Crippen MR) is 67.5 cm³/mol. The van der Waals surface area contributed by atoms with E-state index in [0.717, 1.165) is 19.4 Å². The van der Waals surface area contributed by atoms with Gasteiger partial charge >= 0.3 is 0 Å². The van der Waals surface area contributed by atoms with E-state index in [4.69, 9.17) is 5.11 Å². The quantitative estimate of drug-likeness (QED) is 0.774. The monoisotopic (exact) mass is 224 g/mol. The van der Waals surface area contributed by atoms with Crippen molar-refractivity contribution in [2.24, 2.45) is 7.05 Å². The summed E-state index contributed by atoms with van der Waals surface area (Å²) >= 11 is 0. The predicted octanol–water partition coefficient (Wildman–Crippen LogP) is 1.89. The average Bonchev–Trinajstić information content (AvgIpc) is 2.51. The second-order valence-corrected chi connectivity index (χ2v) is 4.60. The number of aryl methyl sites for hydroxylation is 1. The molecule has 0 radical (unpaired) electrons. The van der Waals surface area contributed by atoms with Crippen LogP contribution in [0, 0.1) is 13.8 Å². The van der Waals surface area contributed by atoms with Crippen LogP contribution < -0.4 is 5.32 Å². The zero-order valence-electron chi connectivity index (χ0n) is 10.9. The van der Waals surface area contributed by atoms with Gasteiger partial charge in [-0.3, -0.25) is 0 Å². The van der Waals surface area contributed by atoms with Crippen molar-refractivity contribution in [2.45, 2.75) is 46.2 Å². The van der Waals surface area contributed by atoms with Crippen LogP contribution >= 0.6 is 0 Å². The van der Waals surface area contributed by atoms with Gasteiger partial charge in [-0.2, -0.15) is 0 Å². The third kappa shape index (κ3) is 3.35. The lowest BCUT2D eigenvalue weighted by Gasteiger charge is -2.13. The van der Waals surface area contributed by atoms with Crippen molar-refractivity contribution < 1.29 is 5.11 Å². The maximum absolute atomic E-state index is 8.75. The molecule has 0 saturated heterocycles. The molecule has 0 saturated carbocycles. The first-order valence-corrected chi connectivity index (χ1v) is 6.02. The molecule has 0 fully saturated rings. The van der Waals surface area contributed by atoms with Gasteiger partial charge in [-0.1, -0.05) is 0 Å². The fourth-order valence-corrected chi connectivity index (χ4v) is 1.90. The molecule has 1 aromatic rings. The van der Waals surface area contributed by atoms with Crippen molar-refractivity contribution in [3.63, 3.8) is 0 Å². The summed E-state index contributed by atoms with van der Waals surface area (Å²) in [5, 5.41) is 12.2. The second-order valence-electron chi connectivity index (χ2n) is 4.60. The Hall–Kier alpha value is -0.800. The largest absolute Gasteiger partial charge is 0.396 e. The molecule has 1 heterocycles. The number of aliphatic hydroxyl groups excluding tert-OH is 1. The maximum Gasteiger partial charge on any atom is 0.0431 e. The van der Waals surface area contributed by atoms with E-state index in [-0.39, 0.29) is 6.61 Å². The Balaban J connectivity index is 2.45. The molecule has 0 aromatic carbocycles. The summed E-state index contributed by atoms with van der Waals surface area (Å²) in [6.45, 7) is 7.66. The molecule has 1 unspecified atom stereocenters. The van der Waals surface area contributed by atoms with Gasteiger partial charge in [0.05, 0.1) is 0 Å². The van der Waals surface area contributed by atoms with E-state index in [0.29, 0.717) is 6.04 Å². The summed E-state index contributed by atoms with van der Waals surface area (Å²) in [4.78, 5) is 0. The Morgan fingerprint density at radius 3 is 2.62 bits per heavy atom. The number of rotatable bonds is 6. The van der Waals surface area contributed by atoms with Gasteiger partial charge in [0.1, 0.15) is 0 Å². The van der Waals surface area contributed by atoms with E-state index in [1.165, 1.54) is 17.0 Å². The minimum Gasteiger partial charge on any atom is -0.396 e. The van der Waals surface area contributed by atoms with Crippen LogP contribution in [-0.2, 0) is 13.6 Å². The molecule has 2 N–H and O–H groups in total. The van der Waals surface area contributed by atoms with E-state index in [1.54, 1.807) is 0 Å². The Bertz CT molecular complexity index is 331. The van der Waals surface area contributed by atoms with E-state index >= 15 is 0 Å². The van der Waals surface area contributed by atoms with Gasteiger partial charge < -0.3 is 15.0 Å². The average molecular weight is 224 g/mol. The topological polar surface area (TPSA) is 37.2 Å². The molecule has 0 aliphatic rings. The lowest BCUT2D eigenvalue weighted by Crippen LogP contribution is -2.25. The zero-order chi connectivity index (χ0) is 12.1. The molecule has 16 heavy (non-hydrogen) atoms. The van der Waals surface area contributed by atoms with Crippen molar-refractivity contribution >= 4 is 0 Å². The Morgan fingerprint density at radius 2 is 2.12 bits per heavy atom. The van der Waals surface area contributed by atoms with Gasteiger partial charge in [-0.25, -0.2) is 0 Å². The summed E-state index contributed by atoms with van der Waals surface area (Å²) in [7, 11) is 2.10. The van der Waals surface area contributed by atoms with Crippen LogP contribution in [0.2, 0.25) is 0 Å². The van der Waals surface area contributed by atoms with Crippen LogP contribution in [0.5, 0.6) is 0 Å². The maximum atomic E-state index is 8.75. The number of hydrogen-bond acceptors (Lipinski definition) is 2. The molecule has 3 heteroatoms. The highest BCUT2D eigenvalue weighted by Crippen LogP contribution is 2.13. The van der Waals surface area contributed by atoms with E-state index < -0.39 is 0 Å². The van der Waals surface area contributed by atoms with Crippen LogP contribution in [0.15, 0.2) is 6.07 Å². The van der Waals surface area contributed by atoms with Gasteiger partial charge in [-0.05, 0) is 45.2 Å². The number of aromatic nitrogens is 1. The highest BCUT2D eigenvalue weighted by atomic mass is 16.2. The van der Waals surface area contributed by atoms with E-state index in [9.17, 15) is 0 Å². The molecule has 92 valence electrons. The molecule has 0 spiro atoms. The van der Waals surface area contributed by atoms with Crippen molar-refractivity contribution in [1.82, 2.24) is 9.88 Å². The summed E-state index contributed by atoms with van der Waals surface area (Å²) < 4.78 is 2.22. The molecule has 0 amide bonds. The lowest BCUT2D eigenvalue weighted by atomic mass is 10.1. The van der Waals surface area contributed by atoms with Gasteiger partial charge in [0.15, 0.2) is 0 Å². The molecular formula is C13H24N2O. The zero-order valence-corrected chi connectivity index (χ0v) is 10.9. The molecule has 0 bridgehead atoms. The molecule has 1 atom stereocenters. The van der Waals surface area contributed by atoms with E-state index in [2.05, 4.69) is 43.8 Å². The highest BCUT2D eigenvalue weighted by Gasteiger charge is 2.07. The Labute approximate surface area is 98.5 Å². The summed E-state index contributed by atoms with van der Waals surface area (Å²) in [6, 6.07) is 2.70. The Kier molecular flexibility index (Phi) is 5.03. The van der Waals surface area contributed by atoms with Gasteiger partial charge in [0.25, 0.3) is 0 Å². The fourth-order valence-electron chi connectivity index (χ4n) is 1.90. The van der Waals surface area contributed by atoms with Crippen molar-refractivity contribution in [3.05, 3.63) is 23.0 Å². The van der Waals surface area contributed by atoms with Crippen molar-refractivity contribution in [1.29, 1.82) is 0 Å². The smallest absolute Gasteiger partial charge is 0.0431 e. The molecule has 3 nitrogen and oxygen atoms in total. The van der Waals surface area contributed by atoms with Crippen LogP contribution in [0.1, 0.15) is 36.7 Å². The summed E-state index contributed by atoms with van der Waals surface area (Å²) in [6.07, 6.45) is 1.91. The standard InChI is InChI=1S/C13H24N2O/c1-10(6-5-7-16)14-9-13-8-11(2)15(4)12(13)3/h8,10,14,16H,5-7,9H2,1-4H3. The first-order valence-electron chi connectivity index (χ1n) is 6.02. The number of nitrogens with zero attached hydrogens (tertiary/aromatic N) is 1. The van der Waals surface area contributed by atoms with Crippen molar-refractivity contribution in [2.75, 3.05) is 6.61 Å². The first kappa shape index (κ1) is 13.3. The van der Waals surface area contributed by atoms with Gasteiger partial charge in [0.2, 0.25) is 0 Å². The normalized spacial score (nSPS) is 13.1. The number of aliphatic hydroxyl groups is 1. The van der Waals surface area contributed by atoms with Crippen molar-refractivity contribution in [3.8, 4) is 0 Å². The van der Waals surface area contributed by atoms with Crippen LogP contribution in [-0.4, -0.2) is 22.3 Å². The molecule has 1 aromatic heterocycles. The number of hydrogen-bond donors (Lipinski definition) is 2. The van der Waals surface area contributed by atoms with E-state index in [1.807, 2.05) is 0 Å². The minimum atomic E-state index is 0.287.